The van der Waals surface area contributed by atoms with E-state index >= 15 is 0 Å². The van der Waals surface area contributed by atoms with Crippen LogP contribution in [0.25, 0.3) is 22.1 Å². The minimum Gasteiger partial charge on any atom is -0.490 e. The molecule has 182 valence electrons. The maximum absolute atomic E-state index is 14.2. The van der Waals surface area contributed by atoms with E-state index in [0.717, 1.165) is 46.3 Å². The molecule has 1 heterocycles. The molecule has 0 fully saturated rings. The van der Waals surface area contributed by atoms with Crippen LogP contribution in [0.2, 0.25) is 0 Å². The Kier molecular flexibility index (Phi) is 7.70. The Balaban J connectivity index is 1.43. The van der Waals surface area contributed by atoms with Gasteiger partial charge in [0.25, 0.3) is 0 Å². The van der Waals surface area contributed by atoms with Crippen LogP contribution in [0.4, 0.5) is 4.39 Å². The van der Waals surface area contributed by atoms with Crippen molar-refractivity contribution < 1.29 is 28.2 Å². The Labute approximate surface area is 204 Å². The summed E-state index contributed by atoms with van der Waals surface area (Å²) in [6.45, 7) is 4.34. The molecule has 4 rings (SSSR count). The van der Waals surface area contributed by atoms with Crippen molar-refractivity contribution in [3.8, 4) is 22.6 Å². The topological polar surface area (TPSA) is 68.9 Å². The Hall–Kier alpha value is -3.80. The molecule has 35 heavy (non-hydrogen) atoms. The van der Waals surface area contributed by atoms with Gasteiger partial charge in [-0.3, -0.25) is 4.79 Å². The second kappa shape index (κ2) is 11.1. The number of fused-ring (bicyclic) bond motifs is 1. The van der Waals surface area contributed by atoms with Gasteiger partial charge in [-0.2, -0.15) is 0 Å². The largest absolute Gasteiger partial charge is 0.490 e. The zero-order chi connectivity index (χ0) is 24.8. The van der Waals surface area contributed by atoms with Gasteiger partial charge in [-0.15, -0.1) is 0 Å². The number of rotatable bonds is 11. The lowest BCUT2D eigenvalue weighted by Crippen LogP contribution is -2.17. The van der Waals surface area contributed by atoms with Crippen LogP contribution in [0.5, 0.6) is 11.5 Å². The smallest absolute Gasteiger partial charge is 0.307 e. The first kappa shape index (κ1) is 24.3. The molecule has 1 unspecified atom stereocenters. The zero-order valence-corrected chi connectivity index (χ0v) is 19.9. The van der Waals surface area contributed by atoms with Gasteiger partial charge in [-0.05, 0) is 48.7 Å². The van der Waals surface area contributed by atoms with Gasteiger partial charge >= 0.3 is 5.97 Å². The van der Waals surface area contributed by atoms with Gasteiger partial charge in [0.2, 0.25) is 0 Å². The van der Waals surface area contributed by atoms with Gasteiger partial charge in [0.05, 0.1) is 25.4 Å². The third-order valence-electron chi connectivity index (χ3n) is 5.85. The third-order valence-corrected chi connectivity index (χ3v) is 5.85. The Morgan fingerprint density at radius 1 is 1.09 bits per heavy atom. The van der Waals surface area contributed by atoms with E-state index in [2.05, 4.69) is 19.1 Å². The van der Waals surface area contributed by atoms with Gasteiger partial charge in [-0.25, -0.2) is 4.39 Å². The summed E-state index contributed by atoms with van der Waals surface area (Å²) in [5.74, 6) is -0.691. The molecule has 0 radical (unpaired) electrons. The summed E-state index contributed by atoms with van der Waals surface area (Å²) in [5, 5.41) is 9.90. The van der Waals surface area contributed by atoms with E-state index in [9.17, 15) is 9.18 Å². The number of benzene rings is 3. The summed E-state index contributed by atoms with van der Waals surface area (Å²) in [7, 11) is 0. The summed E-state index contributed by atoms with van der Waals surface area (Å²) in [4.78, 5) is 10.8. The quantitative estimate of drug-likeness (QED) is 0.251. The molecule has 6 heteroatoms. The average molecular weight is 477 g/mol. The first-order valence-electron chi connectivity index (χ1n) is 11.8. The predicted molar refractivity (Wildman–Crippen MR) is 134 cm³/mol. The number of ether oxygens (including phenoxy) is 2. The highest BCUT2D eigenvalue weighted by atomic mass is 19.1. The van der Waals surface area contributed by atoms with Crippen molar-refractivity contribution in [1.82, 2.24) is 0 Å². The summed E-state index contributed by atoms with van der Waals surface area (Å²) < 4.78 is 32.1. The minimum atomic E-state index is -1.00. The molecule has 0 aliphatic carbocycles. The molecule has 0 aliphatic heterocycles. The van der Waals surface area contributed by atoms with E-state index < -0.39 is 11.8 Å². The molecule has 3 aromatic carbocycles. The van der Waals surface area contributed by atoms with Crippen molar-refractivity contribution >= 4 is 16.9 Å². The Morgan fingerprint density at radius 2 is 1.86 bits per heavy atom. The third kappa shape index (κ3) is 5.83. The number of carboxylic acid groups (broad SMARTS) is 1. The zero-order valence-electron chi connectivity index (χ0n) is 19.9. The molecule has 0 spiro atoms. The van der Waals surface area contributed by atoms with Crippen LogP contribution in [0, 0.1) is 5.82 Å². The van der Waals surface area contributed by atoms with Crippen molar-refractivity contribution in [2.24, 2.45) is 0 Å². The van der Waals surface area contributed by atoms with Crippen LogP contribution >= 0.6 is 0 Å². The second-order valence-electron chi connectivity index (χ2n) is 8.59. The van der Waals surface area contributed by atoms with Crippen molar-refractivity contribution in [2.45, 2.75) is 45.6 Å². The first-order chi connectivity index (χ1) is 17.0. The van der Waals surface area contributed by atoms with Gasteiger partial charge in [0.1, 0.15) is 11.3 Å². The number of halogens is 1. The van der Waals surface area contributed by atoms with E-state index in [1.807, 2.05) is 37.3 Å². The van der Waals surface area contributed by atoms with Crippen molar-refractivity contribution in [1.29, 1.82) is 0 Å². The summed E-state index contributed by atoms with van der Waals surface area (Å²) in [6, 6.07) is 18.4. The molecule has 0 amide bonds. The fourth-order valence-corrected chi connectivity index (χ4v) is 4.13. The molecular weight excluding hydrogens is 447 g/mol. The van der Waals surface area contributed by atoms with Crippen LogP contribution in [0.3, 0.4) is 0 Å². The standard InChI is InChI=1S/C29H29FO5/c1-3-7-23-26(13-11-22-24(18-34-29(22)23)21-8-5-4-6-9-21)35-19(2)14-15-33-27-12-10-20(16-25(27)30)17-28(31)32/h4-6,8-13,16,18-19H,3,7,14-15,17H2,1-2H3,(H,31,32). The molecule has 1 N–H and O–H groups in total. The van der Waals surface area contributed by atoms with Crippen molar-refractivity contribution in [3.05, 3.63) is 83.9 Å². The van der Waals surface area contributed by atoms with Crippen LogP contribution in [0.15, 0.2) is 71.3 Å². The van der Waals surface area contributed by atoms with E-state index in [0.29, 0.717) is 12.0 Å². The molecule has 1 atom stereocenters. The molecule has 5 nitrogen and oxygen atoms in total. The van der Waals surface area contributed by atoms with Crippen molar-refractivity contribution in [2.75, 3.05) is 6.61 Å². The van der Waals surface area contributed by atoms with Gasteiger partial charge in [-0.1, -0.05) is 49.7 Å². The SMILES string of the molecule is CCCc1c(OC(C)CCOc2ccc(CC(=O)O)cc2F)ccc2c(-c3ccccc3)coc12. The molecular formula is C29H29FO5. The second-order valence-corrected chi connectivity index (χ2v) is 8.59. The maximum atomic E-state index is 14.2. The fraction of sp³-hybridized carbons (Fsp3) is 0.276. The number of carboxylic acids is 1. The maximum Gasteiger partial charge on any atom is 0.307 e. The lowest BCUT2D eigenvalue weighted by molar-refractivity contribution is -0.136. The molecule has 0 bridgehead atoms. The molecule has 0 saturated carbocycles. The summed E-state index contributed by atoms with van der Waals surface area (Å²) >= 11 is 0. The molecule has 4 aromatic rings. The Morgan fingerprint density at radius 3 is 2.57 bits per heavy atom. The monoisotopic (exact) mass is 476 g/mol. The highest BCUT2D eigenvalue weighted by Gasteiger charge is 2.17. The molecule has 1 aromatic heterocycles. The summed E-state index contributed by atoms with van der Waals surface area (Å²) in [5.41, 5.74) is 4.44. The van der Waals surface area contributed by atoms with E-state index in [4.69, 9.17) is 19.0 Å². The van der Waals surface area contributed by atoms with E-state index in [1.54, 1.807) is 12.3 Å². The van der Waals surface area contributed by atoms with Crippen LogP contribution < -0.4 is 9.47 Å². The number of carbonyl (C=O) groups is 1. The number of hydrogen-bond donors (Lipinski definition) is 1. The van der Waals surface area contributed by atoms with Gasteiger partial charge in [0, 0.05) is 22.9 Å². The number of hydrogen-bond acceptors (Lipinski definition) is 4. The molecule has 0 aliphatic rings. The highest BCUT2D eigenvalue weighted by molar-refractivity contribution is 5.96. The van der Waals surface area contributed by atoms with Crippen molar-refractivity contribution in [3.63, 3.8) is 0 Å². The van der Waals surface area contributed by atoms with Crippen LogP contribution in [-0.4, -0.2) is 23.8 Å². The molecule has 0 saturated heterocycles. The van der Waals surface area contributed by atoms with Gasteiger partial charge < -0.3 is 19.0 Å². The van der Waals surface area contributed by atoms with Crippen LogP contribution in [-0.2, 0) is 17.6 Å². The Bertz CT molecular complexity index is 1300. The summed E-state index contributed by atoms with van der Waals surface area (Å²) in [6.07, 6.45) is 3.73. The lowest BCUT2D eigenvalue weighted by atomic mass is 10.0. The normalized spacial score (nSPS) is 12.0. The predicted octanol–water partition coefficient (Wildman–Crippen LogP) is 7.05. The van der Waals surface area contributed by atoms with Crippen LogP contribution in [0.1, 0.15) is 37.8 Å². The van der Waals surface area contributed by atoms with E-state index in [1.165, 1.54) is 12.1 Å². The minimum absolute atomic E-state index is 0.100. The average Bonchev–Trinajstić information content (AvgIpc) is 3.27. The fourth-order valence-electron chi connectivity index (χ4n) is 4.13. The number of aryl methyl sites for hydroxylation is 1. The highest BCUT2D eigenvalue weighted by Crippen LogP contribution is 2.37. The van der Waals surface area contributed by atoms with E-state index in [-0.39, 0.29) is 24.9 Å². The number of furan rings is 1. The first-order valence-corrected chi connectivity index (χ1v) is 11.8. The van der Waals surface area contributed by atoms with Gasteiger partial charge in [0.15, 0.2) is 11.6 Å². The lowest BCUT2D eigenvalue weighted by Gasteiger charge is -2.18. The number of aliphatic carboxylic acids is 1.